The predicted molar refractivity (Wildman–Crippen MR) is 125 cm³/mol. The van der Waals surface area contributed by atoms with Crippen LogP contribution in [-0.2, 0) is 34.3 Å². The molecular formula is C18H26Br3Cs2N3O7. The molecule has 1 aromatic rings. The third-order valence-corrected chi connectivity index (χ3v) is 4.39. The van der Waals surface area contributed by atoms with Gasteiger partial charge in [-0.3, -0.25) is 19.3 Å². The summed E-state index contributed by atoms with van der Waals surface area (Å²) in [6.07, 6.45) is 7.18. The fourth-order valence-electron chi connectivity index (χ4n) is 1.53. The van der Waals surface area contributed by atoms with Crippen LogP contribution in [0.15, 0.2) is 32.4 Å². The molecule has 178 valence electrons. The van der Waals surface area contributed by atoms with Crippen molar-refractivity contribution < 1.29 is 173 Å². The summed E-state index contributed by atoms with van der Waals surface area (Å²) in [5, 5.41) is 12.5. The van der Waals surface area contributed by atoms with Crippen LogP contribution in [0.1, 0.15) is 29.1 Å². The molecule has 0 saturated heterocycles. The third-order valence-electron chi connectivity index (χ3n) is 3.13. The topological polar surface area (TPSA) is 132 Å². The molecule has 2 heterocycles. The number of carbonyl (C=O) groups excluding carboxylic acids is 3. The number of hydrogen-bond acceptors (Lipinski definition) is 9. The molecular weight excluding hydrogens is 876 g/mol. The van der Waals surface area contributed by atoms with Gasteiger partial charge in [0, 0.05) is 16.9 Å². The molecule has 15 heteroatoms. The zero-order chi connectivity index (χ0) is 24.7. The number of alkyl halides is 1. The number of aromatic nitrogens is 2. The zero-order valence-corrected chi connectivity index (χ0v) is 37.2. The third kappa shape index (κ3) is 21.2. The van der Waals surface area contributed by atoms with Crippen LogP contribution in [0, 0.1) is 0 Å². The van der Waals surface area contributed by atoms with Gasteiger partial charge in [-0.2, -0.15) is 5.10 Å². The summed E-state index contributed by atoms with van der Waals surface area (Å²) in [6, 6.07) is 0. The van der Waals surface area contributed by atoms with Gasteiger partial charge < -0.3 is 21.0 Å². The maximum Gasteiger partial charge on any atom is 1.00 e. The molecule has 0 bridgehead atoms. The second-order valence-corrected chi connectivity index (χ2v) is 10.2. The van der Waals surface area contributed by atoms with Crippen molar-refractivity contribution in [1.29, 1.82) is 0 Å². The quantitative estimate of drug-likeness (QED) is 0.102. The SMILES string of the molecule is BrC1=CCN=C1.COC(=O)C(C)(C)Br.COC(=O)C(C)(C)n1cc(Br)cn1.O=CO[O-].[Cs+].[Cs+].[H-]. The molecule has 1 aliphatic heterocycles. The Morgan fingerprint density at radius 1 is 1.15 bits per heavy atom. The standard InChI is InChI=1S/C8H11BrN2O2.C5H9BrO2.C4H4BrN.CH2O3.2Cs.H/c1-8(2,7(12)13-3)11-5-6(9)4-10-11;1-5(2,6)4(7)8-3;5-4-1-2-6-3-4;2-1-4-3;;;/h4-5H,1-3H3;1-3H3;1,3H,2H2;1,3H;;;/q;;;;2*+1;-1/p-1. The first-order valence-corrected chi connectivity index (χ1v) is 10.8. The number of hydrogen-bond donors (Lipinski definition) is 0. The monoisotopic (exact) mass is 899 g/mol. The van der Waals surface area contributed by atoms with Crippen molar-refractivity contribution in [2.75, 3.05) is 20.8 Å². The van der Waals surface area contributed by atoms with Crippen LogP contribution >= 0.6 is 47.8 Å². The number of rotatable bonds is 4. The van der Waals surface area contributed by atoms with E-state index in [0.717, 1.165) is 15.5 Å². The molecule has 33 heavy (non-hydrogen) atoms. The van der Waals surface area contributed by atoms with E-state index in [1.807, 2.05) is 6.08 Å². The Morgan fingerprint density at radius 3 is 1.82 bits per heavy atom. The molecule has 0 N–H and O–H groups in total. The zero-order valence-electron chi connectivity index (χ0n) is 20.9. The van der Waals surface area contributed by atoms with Gasteiger partial charge in [0.05, 0.1) is 31.4 Å². The van der Waals surface area contributed by atoms with E-state index in [0.29, 0.717) is 0 Å². The van der Waals surface area contributed by atoms with Crippen molar-refractivity contribution in [3.8, 4) is 0 Å². The molecule has 2 rings (SSSR count). The van der Waals surface area contributed by atoms with Crippen LogP contribution in [0.5, 0.6) is 0 Å². The van der Waals surface area contributed by atoms with Gasteiger partial charge in [-0.05, 0) is 65.6 Å². The van der Waals surface area contributed by atoms with Crippen LogP contribution in [0.25, 0.3) is 0 Å². The molecule has 0 radical (unpaired) electrons. The normalized spacial score (nSPS) is 11.2. The van der Waals surface area contributed by atoms with Gasteiger partial charge in [0.15, 0.2) is 5.54 Å². The molecule has 0 amide bonds. The van der Waals surface area contributed by atoms with Crippen LogP contribution in [0.4, 0.5) is 0 Å². The number of carbonyl (C=O) groups is 3. The first kappa shape index (κ1) is 42.6. The van der Waals surface area contributed by atoms with E-state index in [-0.39, 0.29) is 158 Å². The Balaban J connectivity index is -0.000000116. The van der Waals surface area contributed by atoms with E-state index >= 15 is 0 Å². The van der Waals surface area contributed by atoms with Crippen molar-refractivity contribution in [2.24, 2.45) is 4.99 Å². The molecule has 0 spiro atoms. The first-order valence-electron chi connectivity index (χ1n) is 8.42. The predicted octanol–water partition coefficient (Wildman–Crippen LogP) is -3.21. The fourth-order valence-corrected chi connectivity index (χ4v) is 2.26. The summed E-state index contributed by atoms with van der Waals surface area (Å²) in [7, 11) is 2.73. The summed E-state index contributed by atoms with van der Waals surface area (Å²) < 4.78 is 12.0. The van der Waals surface area contributed by atoms with E-state index in [9.17, 15) is 9.59 Å². The van der Waals surface area contributed by atoms with Gasteiger partial charge in [-0.15, -0.1) is 0 Å². The van der Waals surface area contributed by atoms with Gasteiger partial charge in [0.2, 0.25) is 0 Å². The summed E-state index contributed by atoms with van der Waals surface area (Å²) >= 11 is 9.64. The smallest absolute Gasteiger partial charge is 1.00 e. The fraction of sp³-hybridized carbons (Fsp3) is 0.500. The van der Waals surface area contributed by atoms with Crippen LogP contribution < -0.4 is 143 Å². The van der Waals surface area contributed by atoms with E-state index in [2.05, 4.69) is 72.2 Å². The van der Waals surface area contributed by atoms with E-state index in [4.69, 9.17) is 10.1 Å². The number of methoxy groups -OCH3 is 2. The molecule has 0 aromatic carbocycles. The maximum absolute atomic E-state index is 11.3. The number of aliphatic imine (C=N–C) groups is 1. The number of halogens is 3. The maximum atomic E-state index is 11.3. The summed E-state index contributed by atoms with van der Waals surface area (Å²) in [4.78, 5) is 37.1. The average molecular weight is 902 g/mol. The Morgan fingerprint density at radius 2 is 1.64 bits per heavy atom. The molecule has 1 aliphatic rings. The number of esters is 2. The minimum Gasteiger partial charge on any atom is -1.00 e. The Hall–Kier alpha value is 2.53. The van der Waals surface area contributed by atoms with Crippen molar-refractivity contribution in [3.63, 3.8) is 0 Å². The van der Waals surface area contributed by atoms with Crippen molar-refractivity contribution in [2.45, 2.75) is 37.6 Å². The molecule has 0 atom stereocenters. The minimum absolute atomic E-state index is 0. The van der Waals surface area contributed by atoms with Crippen LogP contribution in [0.2, 0.25) is 0 Å². The Labute approximate surface area is 338 Å². The van der Waals surface area contributed by atoms with Crippen LogP contribution in [0.3, 0.4) is 0 Å². The van der Waals surface area contributed by atoms with Crippen LogP contribution in [-0.4, -0.2) is 59.5 Å². The minimum atomic E-state index is -0.763. The number of allylic oxidation sites excluding steroid dienone is 1. The summed E-state index contributed by atoms with van der Waals surface area (Å²) in [5.41, 5.74) is -0.763. The van der Waals surface area contributed by atoms with E-state index in [1.165, 1.54) is 14.2 Å². The first-order chi connectivity index (χ1) is 14.3. The molecule has 10 nitrogen and oxygen atoms in total. The van der Waals surface area contributed by atoms with Gasteiger partial charge >= 0.3 is 150 Å². The Kier molecular flexibility index (Phi) is 30.5. The molecule has 1 aromatic heterocycles. The van der Waals surface area contributed by atoms with Gasteiger partial charge in [-0.1, -0.05) is 15.9 Å². The van der Waals surface area contributed by atoms with Crippen molar-refractivity contribution >= 4 is 72.4 Å². The molecule has 0 saturated carbocycles. The van der Waals surface area contributed by atoms with Crippen molar-refractivity contribution in [1.82, 2.24) is 9.78 Å². The number of ether oxygens (including phenoxy) is 2. The summed E-state index contributed by atoms with van der Waals surface area (Å²) in [6.45, 7) is 7.63. The van der Waals surface area contributed by atoms with Gasteiger partial charge in [0.1, 0.15) is 4.32 Å². The molecule has 0 fully saturated rings. The van der Waals surface area contributed by atoms with E-state index < -0.39 is 9.86 Å². The molecule has 0 aliphatic carbocycles. The average Bonchev–Trinajstić information content (AvgIpc) is 3.38. The second kappa shape index (κ2) is 23.6. The second-order valence-electron chi connectivity index (χ2n) is 6.39. The van der Waals surface area contributed by atoms with Crippen molar-refractivity contribution in [3.05, 3.63) is 27.4 Å². The van der Waals surface area contributed by atoms with Gasteiger partial charge in [-0.25, -0.2) is 4.79 Å². The summed E-state index contributed by atoms with van der Waals surface area (Å²) in [5.74, 6) is -0.569. The Bertz CT molecular complexity index is 771. The molecule has 0 unspecified atom stereocenters. The largest absolute Gasteiger partial charge is 1.00 e. The van der Waals surface area contributed by atoms with E-state index in [1.54, 1.807) is 51.0 Å². The number of nitrogens with zero attached hydrogens (tertiary/aromatic N) is 3. The van der Waals surface area contributed by atoms with Gasteiger partial charge in [0.25, 0.3) is 6.47 Å².